The lowest BCUT2D eigenvalue weighted by Crippen LogP contribution is -2.14. The highest BCUT2D eigenvalue weighted by Gasteiger charge is 2.19. The average molecular weight is 438 g/mol. The summed E-state index contributed by atoms with van der Waals surface area (Å²) >= 11 is 6.60. The van der Waals surface area contributed by atoms with E-state index >= 15 is 0 Å². The minimum atomic E-state index is -3.92. The SMILES string of the molecule is Cc1cc(Br)c(NS(=O)(=O)c2ccc(N)c(F)c2)c(Br)c1. The Morgan fingerprint density at radius 2 is 1.71 bits per heavy atom. The number of benzene rings is 2. The Morgan fingerprint density at radius 1 is 1.14 bits per heavy atom. The van der Waals surface area contributed by atoms with Crippen molar-refractivity contribution < 1.29 is 12.8 Å². The molecule has 0 saturated carbocycles. The van der Waals surface area contributed by atoms with E-state index in [0.717, 1.165) is 11.6 Å². The Bertz CT molecular complexity index is 787. The van der Waals surface area contributed by atoms with Gasteiger partial charge in [0.05, 0.1) is 16.3 Å². The topological polar surface area (TPSA) is 72.2 Å². The van der Waals surface area contributed by atoms with Crippen molar-refractivity contribution >= 4 is 53.3 Å². The lowest BCUT2D eigenvalue weighted by atomic mass is 10.2. The first-order valence-electron chi connectivity index (χ1n) is 5.74. The lowest BCUT2D eigenvalue weighted by Gasteiger charge is -2.13. The number of aryl methyl sites for hydroxylation is 1. The van der Waals surface area contributed by atoms with Crippen molar-refractivity contribution in [1.29, 1.82) is 0 Å². The molecule has 2 aromatic rings. The van der Waals surface area contributed by atoms with Crippen LogP contribution < -0.4 is 10.5 Å². The van der Waals surface area contributed by atoms with E-state index in [2.05, 4.69) is 36.6 Å². The maximum atomic E-state index is 13.4. The van der Waals surface area contributed by atoms with Crippen LogP contribution in [-0.2, 0) is 10.0 Å². The summed E-state index contributed by atoms with van der Waals surface area (Å²) in [6.45, 7) is 1.88. The van der Waals surface area contributed by atoms with Crippen LogP contribution in [0.3, 0.4) is 0 Å². The Labute approximate surface area is 138 Å². The summed E-state index contributed by atoms with van der Waals surface area (Å²) < 4.78 is 41.6. The van der Waals surface area contributed by atoms with Gasteiger partial charge in [-0.05, 0) is 74.7 Å². The maximum absolute atomic E-state index is 13.4. The highest BCUT2D eigenvalue weighted by Crippen LogP contribution is 2.34. The average Bonchev–Trinajstić information content (AvgIpc) is 2.37. The molecule has 0 aliphatic rings. The van der Waals surface area contributed by atoms with Gasteiger partial charge in [-0.2, -0.15) is 0 Å². The summed E-state index contributed by atoms with van der Waals surface area (Å²) in [4.78, 5) is -0.200. The van der Waals surface area contributed by atoms with Gasteiger partial charge in [0.1, 0.15) is 5.82 Å². The fourth-order valence-electron chi connectivity index (χ4n) is 1.67. The van der Waals surface area contributed by atoms with Gasteiger partial charge in [0.25, 0.3) is 10.0 Å². The molecule has 4 nitrogen and oxygen atoms in total. The van der Waals surface area contributed by atoms with Gasteiger partial charge in [-0.15, -0.1) is 0 Å². The molecule has 2 aromatic carbocycles. The quantitative estimate of drug-likeness (QED) is 0.711. The molecule has 8 heteroatoms. The number of sulfonamides is 1. The first-order valence-corrected chi connectivity index (χ1v) is 8.81. The molecule has 0 spiro atoms. The summed E-state index contributed by atoms with van der Waals surface area (Å²) in [6.07, 6.45) is 0. The summed E-state index contributed by atoms with van der Waals surface area (Å²) in [5.41, 5.74) is 6.54. The molecule has 0 amide bonds. The van der Waals surface area contributed by atoms with Crippen molar-refractivity contribution in [2.75, 3.05) is 10.5 Å². The molecule has 3 N–H and O–H groups in total. The van der Waals surface area contributed by atoms with Gasteiger partial charge in [0.2, 0.25) is 0 Å². The molecule has 0 unspecified atom stereocenters. The molecule has 2 rings (SSSR count). The minimum Gasteiger partial charge on any atom is -0.396 e. The second-order valence-electron chi connectivity index (χ2n) is 4.39. The molecule has 0 saturated heterocycles. The third-order valence-electron chi connectivity index (χ3n) is 2.71. The normalized spacial score (nSPS) is 11.4. The van der Waals surface area contributed by atoms with E-state index in [9.17, 15) is 12.8 Å². The van der Waals surface area contributed by atoms with Gasteiger partial charge in [0.15, 0.2) is 0 Å². The zero-order valence-corrected chi connectivity index (χ0v) is 14.8. The summed E-state index contributed by atoms with van der Waals surface area (Å²) in [5, 5.41) is 0. The second-order valence-corrected chi connectivity index (χ2v) is 7.78. The van der Waals surface area contributed by atoms with Crippen LogP contribution in [-0.4, -0.2) is 8.42 Å². The zero-order chi connectivity index (χ0) is 15.8. The number of anilines is 2. The third kappa shape index (κ3) is 3.56. The summed E-state index contributed by atoms with van der Waals surface area (Å²) in [7, 11) is -3.92. The fraction of sp³-hybridized carbons (Fsp3) is 0.0769. The first-order chi connectivity index (χ1) is 9.70. The smallest absolute Gasteiger partial charge is 0.262 e. The number of hydrogen-bond donors (Lipinski definition) is 2. The van der Waals surface area contributed by atoms with Crippen molar-refractivity contribution in [3.8, 4) is 0 Å². The van der Waals surface area contributed by atoms with E-state index in [4.69, 9.17) is 5.73 Å². The van der Waals surface area contributed by atoms with E-state index in [1.54, 1.807) is 12.1 Å². The molecule has 0 bridgehead atoms. The van der Waals surface area contributed by atoms with Crippen molar-refractivity contribution in [1.82, 2.24) is 0 Å². The number of nitrogens with one attached hydrogen (secondary N) is 1. The number of rotatable bonds is 3. The molecule has 21 heavy (non-hydrogen) atoms. The maximum Gasteiger partial charge on any atom is 0.262 e. The van der Waals surface area contributed by atoms with Crippen LogP contribution >= 0.6 is 31.9 Å². The van der Waals surface area contributed by atoms with Crippen LogP contribution in [0, 0.1) is 12.7 Å². The molecular formula is C13H11Br2FN2O2S. The van der Waals surface area contributed by atoms with Crippen LogP contribution in [0.4, 0.5) is 15.8 Å². The predicted octanol–water partition coefficient (Wildman–Crippen LogP) is 4.04. The molecule has 0 aromatic heterocycles. The van der Waals surface area contributed by atoms with Crippen LogP contribution in [0.1, 0.15) is 5.56 Å². The van der Waals surface area contributed by atoms with Gasteiger partial charge in [-0.3, -0.25) is 4.72 Å². The Morgan fingerprint density at radius 3 is 2.24 bits per heavy atom. The van der Waals surface area contributed by atoms with E-state index in [0.29, 0.717) is 14.6 Å². The Hall–Kier alpha value is -1.12. The first kappa shape index (κ1) is 16.3. The fourth-order valence-corrected chi connectivity index (χ4v) is 4.65. The van der Waals surface area contributed by atoms with Crippen LogP contribution in [0.5, 0.6) is 0 Å². The molecule has 0 fully saturated rings. The van der Waals surface area contributed by atoms with Gasteiger partial charge in [-0.1, -0.05) is 0 Å². The van der Waals surface area contributed by atoms with E-state index in [-0.39, 0.29) is 10.6 Å². The van der Waals surface area contributed by atoms with Crippen LogP contribution in [0.2, 0.25) is 0 Å². The molecular weight excluding hydrogens is 427 g/mol. The molecule has 0 heterocycles. The van der Waals surface area contributed by atoms with Crippen molar-refractivity contribution in [2.24, 2.45) is 0 Å². The number of nitrogen functional groups attached to an aromatic ring is 1. The van der Waals surface area contributed by atoms with Gasteiger partial charge < -0.3 is 5.73 Å². The van der Waals surface area contributed by atoms with Gasteiger partial charge in [0, 0.05) is 8.95 Å². The molecule has 0 atom stereocenters. The van der Waals surface area contributed by atoms with Gasteiger partial charge >= 0.3 is 0 Å². The van der Waals surface area contributed by atoms with Gasteiger partial charge in [-0.25, -0.2) is 12.8 Å². The second kappa shape index (κ2) is 5.94. The predicted molar refractivity (Wildman–Crippen MR) is 88.2 cm³/mol. The Balaban J connectivity index is 2.44. The molecule has 0 aliphatic heterocycles. The van der Waals surface area contributed by atoms with Crippen molar-refractivity contribution in [2.45, 2.75) is 11.8 Å². The van der Waals surface area contributed by atoms with E-state index < -0.39 is 15.8 Å². The number of nitrogens with two attached hydrogens (primary N) is 1. The molecule has 112 valence electrons. The zero-order valence-electron chi connectivity index (χ0n) is 10.8. The largest absolute Gasteiger partial charge is 0.396 e. The van der Waals surface area contributed by atoms with E-state index in [1.807, 2.05) is 6.92 Å². The third-order valence-corrected chi connectivity index (χ3v) is 5.30. The highest BCUT2D eigenvalue weighted by molar-refractivity contribution is 9.11. The summed E-state index contributed by atoms with van der Waals surface area (Å²) in [5.74, 6) is -0.778. The molecule has 0 radical (unpaired) electrons. The molecule has 0 aliphatic carbocycles. The van der Waals surface area contributed by atoms with Crippen molar-refractivity contribution in [3.63, 3.8) is 0 Å². The lowest BCUT2D eigenvalue weighted by molar-refractivity contribution is 0.596. The standard InChI is InChI=1S/C13H11Br2FN2O2S/c1-7-4-9(14)13(10(15)5-7)18-21(19,20)8-2-3-12(17)11(16)6-8/h2-6,18H,17H2,1H3. The minimum absolute atomic E-state index is 0.105. The van der Waals surface area contributed by atoms with Crippen LogP contribution in [0.25, 0.3) is 0 Å². The highest BCUT2D eigenvalue weighted by atomic mass is 79.9. The Kier molecular flexibility index (Phi) is 4.60. The van der Waals surface area contributed by atoms with Crippen molar-refractivity contribution in [3.05, 3.63) is 50.7 Å². The van der Waals surface area contributed by atoms with Crippen LogP contribution in [0.15, 0.2) is 44.2 Å². The summed E-state index contributed by atoms with van der Waals surface area (Å²) in [6, 6.07) is 6.88. The monoisotopic (exact) mass is 436 g/mol. The number of halogens is 3. The van der Waals surface area contributed by atoms with E-state index in [1.165, 1.54) is 12.1 Å². The number of hydrogen-bond acceptors (Lipinski definition) is 3.